The number of methoxy groups -OCH3 is 2. The smallest absolute Gasteiger partial charge is 0.305 e. The van der Waals surface area contributed by atoms with Gasteiger partial charge in [0, 0.05) is 23.7 Å². The molecule has 8 nitrogen and oxygen atoms in total. The molecule has 0 saturated heterocycles. The number of benzene rings is 1. The van der Waals surface area contributed by atoms with Crippen LogP contribution in [0.25, 0.3) is 0 Å². The zero-order valence-corrected chi connectivity index (χ0v) is 16.9. The van der Waals surface area contributed by atoms with Gasteiger partial charge >= 0.3 is 5.97 Å². The van der Waals surface area contributed by atoms with Gasteiger partial charge in [-0.15, -0.1) is 0 Å². The Bertz CT molecular complexity index is 846. The minimum atomic E-state index is -1.02. The lowest BCUT2D eigenvalue weighted by Gasteiger charge is -2.22. The van der Waals surface area contributed by atoms with Crippen molar-refractivity contribution in [2.75, 3.05) is 14.2 Å². The summed E-state index contributed by atoms with van der Waals surface area (Å²) in [5.41, 5.74) is 2.44. The third kappa shape index (κ3) is 5.25. The van der Waals surface area contributed by atoms with Crippen LogP contribution in [-0.4, -0.2) is 41.0 Å². The Labute approximate surface area is 164 Å². The van der Waals surface area contributed by atoms with Gasteiger partial charge in [0.15, 0.2) is 0 Å². The van der Waals surface area contributed by atoms with Crippen molar-refractivity contribution in [2.45, 2.75) is 45.7 Å². The number of rotatable bonds is 9. The lowest BCUT2D eigenvalue weighted by Crippen LogP contribution is -2.32. The van der Waals surface area contributed by atoms with Crippen LogP contribution in [0.3, 0.4) is 0 Å². The molecule has 0 saturated carbocycles. The fraction of sp³-hybridized carbons (Fsp3) is 0.450. The number of aryl methyl sites for hydroxylation is 2. The van der Waals surface area contributed by atoms with E-state index in [0.717, 1.165) is 11.4 Å². The van der Waals surface area contributed by atoms with Crippen molar-refractivity contribution < 1.29 is 24.2 Å². The van der Waals surface area contributed by atoms with Crippen molar-refractivity contribution in [3.8, 4) is 11.5 Å². The summed E-state index contributed by atoms with van der Waals surface area (Å²) >= 11 is 0. The first-order chi connectivity index (χ1) is 13.2. The molecule has 2 atom stereocenters. The summed E-state index contributed by atoms with van der Waals surface area (Å²) in [6.07, 6.45) is -0.0841. The number of hydrogen-bond donors (Lipinski definition) is 2. The van der Waals surface area contributed by atoms with Crippen LogP contribution in [0.15, 0.2) is 24.3 Å². The molecule has 0 bridgehead atoms. The predicted octanol–water partition coefficient (Wildman–Crippen LogP) is 2.80. The largest absolute Gasteiger partial charge is 0.497 e. The molecule has 1 aromatic heterocycles. The van der Waals surface area contributed by atoms with Crippen molar-refractivity contribution in [2.24, 2.45) is 0 Å². The molecule has 28 heavy (non-hydrogen) atoms. The molecule has 2 rings (SSSR count). The molecule has 2 unspecified atom stereocenters. The van der Waals surface area contributed by atoms with Crippen molar-refractivity contribution in [1.82, 2.24) is 15.1 Å². The predicted molar refractivity (Wildman–Crippen MR) is 104 cm³/mol. The van der Waals surface area contributed by atoms with E-state index >= 15 is 0 Å². The number of carbonyl (C=O) groups is 2. The summed E-state index contributed by atoms with van der Waals surface area (Å²) in [5.74, 6) is -0.240. The minimum absolute atomic E-state index is 0.156. The molecule has 152 valence electrons. The van der Waals surface area contributed by atoms with Gasteiger partial charge in [0.1, 0.15) is 11.5 Å². The fourth-order valence-corrected chi connectivity index (χ4v) is 3.22. The first kappa shape index (κ1) is 21.3. The highest BCUT2D eigenvalue weighted by atomic mass is 16.5. The van der Waals surface area contributed by atoms with E-state index in [1.807, 2.05) is 26.8 Å². The quantitative estimate of drug-likeness (QED) is 0.684. The molecule has 8 heteroatoms. The Hall–Kier alpha value is -3.03. The third-order valence-corrected chi connectivity index (χ3v) is 4.47. The van der Waals surface area contributed by atoms with Crippen molar-refractivity contribution in [3.63, 3.8) is 0 Å². The van der Waals surface area contributed by atoms with Crippen LogP contribution in [-0.2, 0) is 9.59 Å². The van der Waals surface area contributed by atoms with E-state index < -0.39 is 12.0 Å². The number of carbonyl (C=O) groups excluding carboxylic acids is 1. The topological polar surface area (TPSA) is 103 Å². The first-order valence-electron chi connectivity index (χ1n) is 9.01. The number of ether oxygens (including phenoxy) is 2. The van der Waals surface area contributed by atoms with Gasteiger partial charge in [-0.05, 0) is 39.0 Å². The van der Waals surface area contributed by atoms with E-state index in [4.69, 9.17) is 9.47 Å². The number of aromatic nitrogens is 2. The molecule has 0 radical (unpaired) electrons. The van der Waals surface area contributed by atoms with Gasteiger partial charge in [-0.2, -0.15) is 5.10 Å². The maximum absolute atomic E-state index is 12.6. The molecule has 0 spiro atoms. The second-order valence-corrected chi connectivity index (χ2v) is 6.75. The summed E-state index contributed by atoms with van der Waals surface area (Å²) in [5, 5.41) is 16.5. The minimum Gasteiger partial charge on any atom is -0.497 e. The molecule has 1 heterocycles. The summed E-state index contributed by atoms with van der Waals surface area (Å²) in [6, 6.07) is 6.14. The molecule has 0 aliphatic rings. The van der Waals surface area contributed by atoms with E-state index in [9.17, 15) is 14.7 Å². The van der Waals surface area contributed by atoms with E-state index in [1.54, 1.807) is 22.9 Å². The Kier molecular flexibility index (Phi) is 7.03. The summed E-state index contributed by atoms with van der Waals surface area (Å²) in [7, 11) is 3.02. The molecule has 1 aromatic carbocycles. The van der Waals surface area contributed by atoms with Crippen LogP contribution >= 0.6 is 0 Å². The van der Waals surface area contributed by atoms with Crippen molar-refractivity contribution in [3.05, 3.63) is 41.2 Å². The first-order valence-corrected chi connectivity index (χ1v) is 9.01. The standard InChI is InChI=1S/C20H27N3O5/c1-12-8-13(2)23(22-12)14(3)9-19(24)21-17(11-20(25)26)16-7-6-15(27-4)10-18(16)28-5/h6-8,10,14,17H,9,11H2,1-5H3,(H,21,24)(H,25,26). The zero-order valence-electron chi connectivity index (χ0n) is 16.9. The van der Waals surface area contributed by atoms with Crippen molar-refractivity contribution in [1.29, 1.82) is 0 Å². The molecule has 2 N–H and O–H groups in total. The highest BCUT2D eigenvalue weighted by Gasteiger charge is 2.23. The fourth-order valence-electron chi connectivity index (χ4n) is 3.22. The SMILES string of the molecule is COc1ccc(C(CC(=O)O)NC(=O)CC(C)n2nc(C)cc2C)c(OC)c1. The number of carboxylic acid groups (broad SMARTS) is 1. The molecule has 0 aliphatic carbocycles. The van der Waals surface area contributed by atoms with Crippen LogP contribution < -0.4 is 14.8 Å². The zero-order chi connectivity index (χ0) is 20.8. The summed E-state index contributed by atoms with van der Waals surface area (Å²) in [6.45, 7) is 5.73. The highest BCUT2D eigenvalue weighted by Crippen LogP contribution is 2.31. The third-order valence-electron chi connectivity index (χ3n) is 4.47. The van der Waals surface area contributed by atoms with Gasteiger partial charge in [-0.1, -0.05) is 0 Å². The lowest BCUT2D eigenvalue weighted by molar-refractivity contribution is -0.137. The van der Waals surface area contributed by atoms with Gasteiger partial charge in [-0.25, -0.2) is 0 Å². The van der Waals surface area contributed by atoms with Crippen LogP contribution in [0.2, 0.25) is 0 Å². The Morgan fingerprint density at radius 2 is 1.89 bits per heavy atom. The van der Waals surface area contributed by atoms with Gasteiger partial charge in [-0.3, -0.25) is 14.3 Å². The molecular weight excluding hydrogens is 362 g/mol. The normalized spacial score (nSPS) is 12.9. The maximum atomic E-state index is 12.6. The Balaban J connectivity index is 2.19. The number of carboxylic acids is 1. The average Bonchev–Trinajstić information content (AvgIpc) is 2.98. The molecular formula is C20H27N3O5. The van der Waals surface area contributed by atoms with Gasteiger partial charge in [0.2, 0.25) is 5.91 Å². The van der Waals surface area contributed by atoms with Crippen molar-refractivity contribution >= 4 is 11.9 Å². The maximum Gasteiger partial charge on any atom is 0.305 e. The average molecular weight is 389 g/mol. The Morgan fingerprint density at radius 3 is 2.43 bits per heavy atom. The molecule has 0 aliphatic heterocycles. The second-order valence-electron chi connectivity index (χ2n) is 6.75. The van der Waals surface area contributed by atoms with Gasteiger partial charge < -0.3 is 19.9 Å². The van der Waals surface area contributed by atoms with E-state index in [0.29, 0.717) is 17.1 Å². The van der Waals surface area contributed by atoms with Gasteiger partial charge in [0.25, 0.3) is 0 Å². The lowest BCUT2D eigenvalue weighted by atomic mass is 10.0. The van der Waals surface area contributed by atoms with Crippen LogP contribution in [0.1, 0.15) is 48.8 Å². The van der Waals surface area contributed by atoms with E-state index in [1.165, 1.54) is 14.2 Å². The van der Waals surface area contributed by atoms with E-state index in [-0.39, 0.29) is 24.8 Å². The monoisotopic (exact) mass is 389 g/mol. The molecule has 0 fully saturated rings. The number of aliphatic carboxylic acids is 1. The number of amides is 1. The van der Waals surface area contributed by atoms with Crippen LogP contribution in [0.5, 0.6) is 11.5 Å². The van der Waals surface area contributed by atoms with Crippen LogP contribution in [0.4, 0.5) is 0 Å². The number of nitrogens with one attached hydrogen (secondary N) is 1. The molecule has 2 aromatic rings. The van der Waals surface area contributed by atoms with E-state index in [2.05, 4.69) is 10.4 Å². The Morgan fingerprint density at radius 1 is 1.18 bits per heavy atom. The number of hydrogen-bond acceptors (Lipinski definition) is 5. The molecule has 1 amide bonds. The van der Waals surface area contributed by atoms with Gasteiger partial charge in [0.05, 0.1) is 38.4 Å². The highest BCUT2D eigenvalue weighted by molar-refractivity contribution is 5.78. The van der Waals surface area contributed by atoms with Crippen LogP contribution in [0, 0.1) is 13.8 Å². The summed E-state index contributed by atoms with van der Waals surface area (Å²) in [4.78, 5) is 24.0. The second kappa shape index (κ2) is 9.25. The number of nitrogens with zero attached hydrogens (tertiary/aromatic N) is 2. The summed E-state index contributed by atoms with van der Waals surface area (Å²) < 4.78 is 12.3.